The quantitative estimate of drug-likeness (QED) is 0.528. The predicted molar refractivity (Wildman–Crippen MR) is 108 cm³/mol. The van der Waals surface area contributed by atoms with Crippen LogP contribution in [0.5, 0.6) is 23.0 Å². The topological polar surface area (TPSA) is 78.4 Å². The molecule has 0 aromatic heterocycles. The molecule has 7 heteroatoms. The molecule has 7 nitrogen and oxygen atoms in total. The lowest BCUT2D eigenvalue weighted by Crippen LogP contribution is -2.24. The highest BCUT2D eigenvalue weighted by atomic mass is 16.5. The highest BCUT2D eigenvalue weighted by Gasteiger charge is 2.12. The Balaban J connectivity index is 1.99. The maximum absolute atomic E-state index is 12.0. The highest BCUT2D eigenvalue weighted by Crippen LogP contribution is 2.37. The summed E-state index contributed by atoms with van der Waals surface area (Å²) in [5.74, 6) is 2.13. The lowest BCUT2D eigenvalue weighted by atomic mass is 10.0. The van der Waals surface area contributed by atoms with Crippen molar-refractivity contribution in [3.63, 3.8) is 0 Å². The number of para-hydroxylation sites is 1. The minimum atomic E-state index is -0.359. The molecule has 0 unspecified atom stereocenters. The summed E-state index contributed by atoms with van der Waals surface area (Å²) in [5, 5.41) is 3.96. The number of hydrogen-bond donors (Lipinski definition) is 1. The summed E-state index contributed by atoms with van der Waals surface area (Å²) >= 11 is 0. The molecule has 150 valence electrons. The Hall–Kier alpha value is -3.22. The first-order valence-electron chi connectivity index (χ1n) is 8.83. The number of nitrogens with one attached hydrogen (secondary N) is 1. The van der Waals surface area contributed by atoms with Crippen molar-refractivity contribution in [1.82, 2.24) is 5.43 Å². The highest BCUT2D eigenvalue weighted by molar-refractivity contribution is 5.84. The van der Waals surface area contributed by atoms with Crippen molar-refractivity contribution in [2.45, 2.75) is 19.8 Å². The number of rotatable bonds is 9. The van der Waals surface area contributed by atoms with Crippen LogP contribution < -0.4 is 24.4 Å². The summed E-state index contributed by atoms with van der Waals surface area (Å²) in [4.78, 5) is 12.0. The molecule has 0 aliphatic carbocycles. The second kappa shape index (κ2) is 10.2. The van der Waals surface area contributed by atoms with Crippen molar-refractivity contribution in [2.24, 2.45) is 5.10 Å². The Kier molecular flexibility index (Phi) is 7.68. The fourth-order valence-corrected chi connectivity index (χ4v) is 2.62. The van der Waals surface area contributed by atoms with E-state index in [4.69, 9.17) is 18.9 Å². The number of hydrogen-bond acceptors (Lipinski definition) is 6. The van der Waals surface area contributed by atoms with Crippen LogP contribution in [-0.2, 0) is 4.79 Å². The van der Waals surface area contributed by atoms with Crippen LogP contribution >= 0.6 is 0 Å². The van der Waals surface area contributed by atoms with Gasteiger partial charge in [0.25, 0.3) is 5.91 Å². The normalized spacial score (nSPS) is 10.8. The van der Waals surface area contributed by atoms with E-state index in [-0.39, 0.29) is 12.5 Å². The zero-order chi connectivity index (χ0) is 20.5. The molecule has 0 bridgehead atoms. The number of methoxy groups -OCH3 is 3. The van der Waals surface area contributed by atoms with Crippen molar-refractivity contribution in [3.05, 3.63) is 47.5 Å². The van der Waals surface area contributed by atoms with E-state index in [0.29, 0.717) is 34.5 Å². The Labute approximate surface area is 165 Å². The molecule has 1 amide bonds. The third-order valence-corrected chi connectivity index (χ3v) is 3.99. The predicted octanol–water partition coefficient (Wildman–Crippen LogP) is 3.36. The molecule has 0 saturated carbocycles. The van der Waals surface area contributed by atoms with E-state index in [2.05, 4.69) is 24.4 Å². The van der Waals surface area contributed by atoms with Gasteiger partial charge < -0.3 is 18.9 Å². The fourth-order valence-electron chi connectivity index (χ4n) is 2.62. The molecular formula is C21H26N2O5. The van der Waals surface area contributed by atoms with E-state index >= 15 is 0 Å². The Morgan fingerprint density at radius 1 is 1.04 bits per heavy atom. The zero-order valence-corrected chi connectivity index (χ0v) is 16.8. The third-order valence-electron chi connectivity index (χ3n) is 3.99. The van der Waals surface area contributed by atoms with Crippen LogP contribution in [0.4, 0.5) is 0 Å². The Morgan fingerprint density at radius 3 is 2.25 bits per heavy atom. The van der Waals surface area contributed by atoms with Crippen LogP contribution in [0.1, 0.15) is 30.9 Å². The van der Waals surface area contributed by atoms with Crippen molar-refractivity contribution in [1.29, 1.82) is 0 Å². The van der Waals surface area contributed by atoms with Crippen LogP contribution in [0.15, 0.2) is 41.5 Å². The second-order valence-electron chi connectivity index (χ2n) is 6.23. The summed E-state index contributed by atoms with van der Waals surface area (Å²) in [5.41, 5.74) is 4.18. The van der Waals surface area contributed by atoms with Crippen molar-refractivity contribution >= 4 is 12.1 Å². The van der Waals surface area contributed by atoms with E-state index in [1.807, 2.05) is 24.3 Å². The van der Waals surface area contributed by atoms with Crippen molar-refractivity contribution in [2.75, 3.05) is 27.9 Å². The second-order valence-corrected chi connectivity index (χ2v) is 6.23. The minimum absolute atomic E-state index is 0.129. The largest absolute Gasteiger partial charge is 0.493 e. The standard InChI is InChI=1S/C21H26N2O5/c1-14(2)16-8-6-7-9-17(16)28-13-20(24)23-22-12-15-10-18(25-3)21(27-5)19(11-15)26-4/h6-12,14H,13H2,1-5H3,(H,23,24). The molecule has 0 aliphatic rings. The van der Waals surface area contributed by atoms with Gasteiger partial charge in [0.1, 0.15) is 5.75 Å². The Morgan fingerprint density at radius 2 is 1.68 bits per heavy atom. The van der Waals surface area contributed by atoms with E-state index in [1.165, 1.54) is 27.5 Å². The van der Waals surface area contributed by atoms with Gasteiger partial charge in [-0.05, 0) is 29.7 Å². The van der Waals surface area contributed by atoms with E-state index in [9.17, 15) is 4.79 Å². The summed E-state index contributed by atoms with van der Waals surface area (Å²) in [6, 6.07) is 11.1. The van der Waals surface area contributed by atoms with Gasteiger partial charge in [0.05, 0.1) is 27.5 Å². The number of hydrazone groups is 1. The number of carbonyl (C=O) groups excluding carboxylic acids is 1. The van der Waals surface area contributed by atoms with Crippen molar-refractivity contribution < 1.29 is 23.7 Å². The first-order valence-corrected chi connectivity index (χ1v) is 8.83. The molecule has 2 aromatic rings. The molecule has 2 rings (SSSR count). The summed E-state index contributed by atoms with van der Waals surface area (Å²) in [6.45, 7) is 4.02. The van der Waals surface area contributed by atoms with Crippen LogP contribution in [0.2, 0.25) is 0 Å². The molecule has 0 radical (unpaired) electrons. The van der Waals surface area contributed by atoms with E-state index in [0.717, 1.165) is 5.56 Å². The van der Waals surface area contributed by atoms with Crippen LogP contribution in [-0.4, -0.2) is 40.1 Å². The van der Waals surface area contributed by atoms with Gasteiger partial charge >= 0.3 is 0 Å². The van der Waals surface area contributed by atoms with Gasteiger partial charge in [0.15, 0.2) is 18.1 Å². The van der Waals surface area contributed by atoms with Crippen LogP contribution in [0, 0.1) is 0 Å². The molecule has 0 saturated heterocycles. The smallest absolute Gasteiger partial charge is 0.277 e. The van der Waals surface area contributed by atoms with Gasteiger partial charge in [-0.15, -0.1) is 0 Å². The number of amides is 1. The van der Waals surface area contributed by atoms with E-state index in [1.54, 1.807) is 12.1 Å². The number of benzene rings is 2. The maximum Gasteiger partial charge on any atom is 0.277 e. The molecule has 1 N–H and O–H groups in total. The fraction of sp³-hybridized carbons (Fsp3) is 0.333. The summed E-state index contributed by atoms with van der Waals surface area (Å²) in [7, 11) is 4.60. The maximum atomic E-state index is 12.0. The number of ether oxygens (including phenoxy) is 4. The van der Waals surface area contributed by atoms with Gasteiger partial charge in [-0.1, -0.05) is 32.0 Å². The van der Waals surface area contributed by atoms with Gasteiger partial charge in [0, 0.05) is 5.56 Å². The zero-order valence-electron chi connectivity index (χ0n) is 16.8. The van der Waals surface area contributed by atoms with Gasteiger partial charge in [-0.2, -0.15) is 5.10 Å². The molecule has 0 fully saturated rings. The first-order chi connectivity index (χ1) is 13.5. The molecule has 0 heterocycles. The first kappa shape index (κ1) is 21.1. The lowest BCUT2D eigenvalue weighted by molar-refractivity contribution is -0.123. The molecule has 0 atom stereocenters. The molecule has 2 aromatic carbocycles. The van der Waals surface area contributed by atoms with Gasteiger partial charge in [0.2, 0.25) is 5.75 Å². The number of nitrogens with zero attached hydrogens (tertiary/aromatic N) is 1. The number of carbonyl (C=O) groups is 1. The third kappa shape index (κ3) is 5.39. The van der Waals surface area contributed by atoms with Crippen LogP contribution in [0.25, 0.3) is 0 Å². The molecule has 28 heavy (non-hydrogen) atoms. The average Bonchev–Trinajstić information content (AvgIpc) is 2.71. The minimum Gasteiger partial charge on any atom is -0.493 e. The lowest BCUT2D eigenvalue weighted by Gasteiger charge is -2.13. The molecule has 0 spiro atoms. The summed E-state index contributed by atoms with van der Waals surface area (Å²) < 4.78 is 21.5. The van der Waals surface area contributed by atoms with Gasteiger partial charge in [-0.3, -0.25) is 4.79 Å². The van der Waals surface area contributed by atoms with Crippen LogP contribution in [0.3, 0.4) is 0 Å². The van der Waals surface area contributed by atoms with E-state index < -0.39 is 0 Å². The average molecular weight is 386 g/mol. The monoisotopic (exact) mass is 386 g/mol. The molecular weight excluding hydrogens is 360 g/mol. The van der Waals surface area contributed by atoms with Gasteiger partial charge in [-0.25, -0.2) is 5.43 Å². The molecule has 0 aliphatic heterocycles. The Bertz CT molecular complexity index is 808. The van der Waals surface area contributed by atoms with Crippen molar-refractivity contribution in [3.8, 4) is 23.0 Å². The summed E-state index contributed by atoms with van der Waals surface area (Å²) in [6.07, 6.45) is 1.49. The SMILES string of the molecule is COc1cc(C=NNC(=O)COc2ccccc2C(C)C)cc(OC)c1OC.